The third-order valence-corrected chi connectivity index (χ3v) is 4.46. The molecule has 0 heterocycles. The molecule has 1 aliphatic rings. The van der Waals surface area contributed by atoms with E-state index in [1.807, 2.05) is 0 Å². The van der Waals surface area contributed by atoms with Crippen molar-refractivity contribution in [2.45, 2.75) is 70.8 Å². The molecule has 4 N–H and O–H groups in total. The molecule has 5 heteroatoms. The van der Waals surface area contributed by atoms with Crippen molar-refractivity contribution in [3.63, 3.8) is 0 Å². The monoisotopic (exact) mass is 298 g/mol. The number of carboxylic acid groups (broad SMARTS) is 1. The first kappa shape index (κ1) is 18.0. The summed E-state index contributed by atoms with van der Waals surface area (Å²) in [6.07, 6.45) is 7.55. The van der Waals surface area contributed by atoms with Gasteiger partial charge in [0.05, 0.1) is 0 Å². The Hall–Kier alpha value is -1.10. The minimum atomic E-state index is -0.737. The van der Waals surface area contributed by atoms with Crippen molar-refractivity contribution < 1.29 is 14.7 Å². The van der Waals surface area contributed by atoms with E-state index < -0.39 is 5.97 Å². The van der Waals surface area contributed by atoms with E-state index in [9.17, 15) is 9.59 Å². The summed E-state index contributed by atoms with van der Waals surface area (Å²) >= 11 is 0. The van der Waals surface area contributed by atoms with Gasteiger partial charge >= 0.3 is 5.97 Å². The zero-order chi connectivity index (χ0) is 15.7. The highest BCUT2D eigenvalue weighted by molar-refractivity contribution is 5.78. The van der Waals surface area contributed by atoms with Gasteiger partial charge in [-0.15, -0.1) is 0 Å². The van der Waals surface area contributed by atoms with E-state index in [-0.39, 0.29) is 24.3 Å². The molecule has 0 spiro atoms. The molecule has 0 aromatic carbocycles. The topological polar surface area (TPSA) is 92.4 Å². The molecule has 0 aromatic heterocycles. The predicted molar refractivity (Wildman–Crippen MR) is 82.8 cm³/mol. The van der Waals surface area contributed by atoms with Gasteiger partial charge in [0.2, 0.25) is 5.91 Å². The molecule has 1 atom stereocenters. The highest BCUT2D eigenvalue weighted by Crippen LogP contribution is 2.23. The van der Waals surface area contributed by atoms with Gasteiger partial charge in [-0.3, -0.25) is 9.59 Å². The number of carbonyl (C=O) groups excluding carboxylic acids is 1. The second kappa shape index (κ2) is 9.77. The second-order valence-electron chi connectivity index (χ2n) is 6.28. The van der Waals surface area contributed by atoms with Gasteiger partial charge in [0.25, 0.3) is 0 Å². The Bertz CT molecular complexity index is 325. The molecule has 1 fully saturated rings. The van der Waals surface area contributed by atoms with Crippen LogP contribution in [0.5, 0.6) is 0 Å². The first-order chi connectivity index (χ1) is 10.0. The van der Waals surface area contributed by atoms with Crippen LogP contribution in [-0.4, -0.2) is 29.6 Å². The Balaban J connectivity index is 2.22. The number of hydrogen-bond acceptors (Lipinski definition) is 3. The average Bonchev–Trinajstić information content (AvgIpc) is 2.45. The highest BCUT2D eigenvalue weighted by atomic mass is 16.4. The van der Waals surface area contributed by atoms with E-state index in [0.717, 1.165) is 44.9 Å². The van der Waals surface area contributed by atoms with Crippen molar-refractivity contribution in [1.29, 1.82) is 0 Å². The molecule has 5 nitrogen and oxygen atoms in total. The van der Waals surface area contributed by atoms with Crippen molar-refractivity contribution >= 4 is 11.9 Å². The molecule has 1 unspecified atom stereocenters. The van der Waals surface area contributed by atoms with Gasteiger partial charge < -0.3 is 16.2 Å². The van der Waals surface area contributed by atoms with Gasteiger partial charge in [-0.2, -0.15) is 0 Å². The van der Waals surface area contributed by atoms with Crippen LogP contribution >= 0.6 is 0 Å². The molecule has 1 saturated carbocycles. The molecule has 21 heavy (non-hydrogen) atoms. The Morgan fingerprint density at radius 1 is 1.19 bits per heavy atom. The van der Waals surface area contributed by atoms with Crippen LogP contribution < -0.4 is 11.1 Å². The van der Waals surface area contributed by atoms with E-state index in [4.69, 9.17) is 10.8 Å². The lowest BCUT2D eigenvalue weighted by Gasteiger charge is -2.25. The molecule has 0 aromatic rings. The van der Waals surface area contributed by atoms with Gasteiger partial charge in [-0.25, -0.2) is 0 Å². The average molecular weight is 298 g/mol. The largest absolute Gasteiger partial charge is 0.481 e. The molecule has 0 bridgehead atoms. The van der Waals surface area contributed by atoms with E-state index >= 15 is 0 Å². The quantitative estimate of drug-likeness (QED) is 0.609. The SMILES string of the molecule is CCCC(CCNC(=O)C1CCC(N)CC1)CCC(=O)O. The Kier molecular flexibility index (Phi) is 8.35. The lowest BCUT2D eigenvalue weighted by Crippen LogP contribution is -2.37. The van der Waals surface area contributed by atoms with E-state index in [2.05, 4.69) is 12.2 Å². The normalized spacial score (nSPS) is 23.5. The number of hydrogen-bond donors (Lipinski definition) is 3. The summed E-state index contributed by atoms with van der Waals surface area (Å²) in [4.78, 5) is 22.7. The fourth-order valence-electron chi connectivity index (χ4n) is 3.09. The lowest BCUT2D eigenvalue weighted by molar-refractivity contribution is -0.137. The molecule has 0 saturated heterocycles. The summed E-state index contributed by atoms with van der Waals surface area (Å²) in [5, 5.41) is 11.8. The molecule has 1 amide bonds. The number of nitrogens with two attached hydrogens (primary N) is 1. The maximum Gasteiger partial charge on any atom is 0.303 e. The number of rotatable bonds is 9. The summed E-state index contributed by atoms with van der Waals surface area (Å²) in [6.45, 7) is 2.77. The molecule has 122 valence electrons. The predicted octanol–water partition coefficient (Wildman–Crippen LogP) is 2.29. The smallest absolute Gasteiger partial charge is 0.303 e. The van der Waals surface area contributed by atoms with Gasteiger partial charge in [0, 0.05) is 24.9 Å². The first-order valence-electron chi connectivity index (χ1n) is 8.28. The van der Waals surface area contributed by atoms with Crippen molar-refractivity contribution in [3.05, 3.63) is 0 Å². The van der Waals surface area contributed by atoms with Crippen LogP contribution in [0.1, 0.15) is 64.7 Å². The molecule has 0 aliphatic heterocycles. The number of amides is 1. The van der Waals surface area contributed by atoms with Crippen LogP contribution in [0.3, 0.4) is 0 Å². The fourth-order valence-corrected chi connectivity index (χ4v) is 3.09. The third-order valence-electron chi connectivity index (χ3n) is 4.46. The van der Waals surface area contributed by atoms with Crippen LogP contribution in [0.4, 0.5) is 0 Å². The Morgan fingerprint density at radius 3 is 2.43 bits per heavy atom. The van der Waals surface area contributed by atoms with Crippen LogP contribution in [-0.2, 0) is 9.59 Å². The number of aliphatic carboxylic acids is 1. The van der Waals surface area contributed by atoms with Crippen LogP contribution in [0.15, 0.2) is 0 Å². The molecule has 1 rings (SSSR count). The summed E-state index contributed by atoms with van der Waals surface area (Å²) in [7, 11) is 0. The minimum Gasteiger partial charge on any atom is -0.481 e. The molecular formula is C16H30N2O3. The van der Waals surface area contributed by atoms with Crippen molar-refractivity contribution in [2.75, 3.05) is 6.54 Å². The third kappa shape index (κ3) is 7.46. The fraction of sp³-hybridized carbons (Fsp3) is 0.875. The van der Waals surface area contributed by atoms with E-state index in [1.54, 1.807) is 0 Å². The highest BCUT2D eigenvalue weighted by Gasteiger charge is 2.24. The number of carbonyl (C=O) groups is 2. The van der Waals surface area contributed by atoms with Crippen molar-refractivity contribution in [2.24, 2.45) is 17.6 Å². The standard InChI is InChI=1S/C16H30N2O3/c1-2-3-12(4-9-15(19)20)10-11-18-16(21)13-5-7-14(17)8-6-13/h12-14H,2-11,17H2,1H3,(H,18,21)(H,19,20). The van der Waals surface area contributed by atoms with Crippen LogP contribution in [0.2, 0.25) is 0 Å². The van der Waals surface area contributed by atoms with E-state index in [0.29, 0.717) is 18.9 Å². The van der Waals surface area contributed by atoms with Crippen molar-refractivity contribution in [3.8, 4) is 0 Å². The Labute approximate surface area is 127 Å². The maximum atomic E-state index is 12.1. The first-order valence-corrected chi connectivity index (χ1v) is 8.28. The molecule has 1 aliphatic carbocycles. The van der Waals surface area contributed by atoms with E-state index in [1.165, 1.54) is 0 Å². The number of carboxylic acids is 1. The summed E-state index contributed by atoms with van der Waals surface area (Å²) in [5.41, 5.74) is 5.85. The lowest BCUT2D eigenvalue weighted by atomic mass is 9.86. The zero-order valence-corrected chi connectivity index (χ0v) is 13.1. The summed E-state index contributed by atoms with van der Waals surface area (Å²) in [5.74, 6) is -0.0753. The van der Waals surface area contributed by atoms with Gasteiger partial charge in [-0.05, 0) is 44.4 Å². The van der Waals surface area contributed by atoms with Gasteiger partial charge in [-0.1, -0.05) is 19.8 Å². The van der Waals surface area contributed by atoms with Crippen LogP contribution in [0.25, 0.3) is 0 Å². The van der Waals surface area contributed by atoms with Gasteiger partial charge in [0.15, 0.2) is 0 Å². The Morgan fingerprint density at radius 2 is 1.86 bits per heavy atom. The van der Waals surface area contributed by atoms with Crippen LogP contribution in [0, 0.1) is 11.8 Å². The molecular weight excluding hydrogens is 268 g/mol. The van der Waals surface area contributed by atoms with Crippen molar-refractivity contribution in [1.82, 2.24) is 5.32 Å². The summed E-state index contributed by atoms with van der Waals surface area (Å²) in [6, 6.07) is 0.263. The maximum absolute atomic E-state index is 12.1. The second-order valence-corrected chi connectivity index (χ2v) is 6.28. The molecule has 0 radical (unpaired) electrons. The van der Waals surface area contributed by atoms with Gasteiger partial charge in [0.1, 0.15) is 0 Å². The summed E-state index contributed by atoms with van der Waals surface area (Å²) < 4.78 is 0. The number of nitrogens with one attached hydrogen (secondary N) is 1. The minimum absolute atomic E-state index is 0.119. The zero-order valence-electron chi connectivity index (χ0n) is 13.1.